The first-order chi connectivity index (χ1) is 5.87. The quantitative estimate of drug-likeness (QED) is 0.436. The molecular weight excluding hydrogens is 191 g/mol. The standard InChI is InChI=1S/C6H6F3NO3/c7-6(8,9)3-10-1-4(11)13-5(12)2-10/h1-3H2. The number of nitrogens with zero attached hydrogens (tertiary/aromatic N) is 1. The highest BCUT2D eigenvalue weighted by atomic mass is 19.4. The van der Waals surface area contributed by atoms with Crippen molar-refractivity contribution in [2.75, 3.05) is 19.6 Å². The largest absolute Gasteiger partial charge is 0.401 e. The fourth-order valence-corrected chi connectivity index (χ4v) is 0.978. The van der Waals surface area contributed by atoms with Crippen molar-refractivity contribution in [2.45, 2.75) is 6.18 Å². The van der Waals surface area contributed by atoms with Crippen molar-refractivity contribution in [3.05, 3.63) is 0 Å². The Morgan fingerprint density at radius 1 is 1.23 bits per heavy atom. The number of carbonyl (C=O) groups excluding carboxylic acids is 2. The van der Waals surface area contributed by atoms with E-state index in [2.05, 4.69) is 4.74 Å². The Hall–Kier alpha value is -1.11. The molecule has 0 aromatic heterocycles. The lowest BCUT2D eigenvalue weighted by molar-refractivity contribution is -0.176. The topological polar surface area (TPSA) is 46.6 Å². The molecular formula is C6H6F3NO3. The van der Waals surface area contributed by atoms with E-state index in [1.165, 1.54) is 0 Å². The summed E-state index contributed by atoms with van der Waals surface area (Å²) in [6.45, 7) is -2.26. The monoisotopic (exact) mass is 197 g/mol. The van der Waals surface area contributed by atoms with Gasteiger partial charge in [-0.1, -0.05) is 0 Å². The average Bonchev–Trinajstić information content (AvgIpc) is 1.78. The lowest BCUT2D eigenvalue weighted by Gasteiger charge is -2.24. The van der Waals surface area contributed by atoms with Gasteiger partial charge in [-0.15, -0.1) is 0 Å². The van der Waals surface area contributed by atoms with Gasteiger partial charge in [-0.25, -0.2) is 0 Å². The first kappa shape index (κ1) is 9.97. The molecule has 1 fully saturated rings. The number of hydrogen-bond donors (Lipinski definition) is 0. The predicted molar refractivity (Wildman–Crippen MR) is 33.6 cm³/mol. The highest BCUT2D eigenvalue weighted by molar-refractivity contribution is 5.90. The zero-order chi connectivity index (χ0) is 10.1. The Kier molecular flexibility index (Phi) is 2.55. The van der Waals surface area contributed by atoms with Crippen LogP contribution in [0, 0.1) is 0 Å². The highest BCUT2D eigenvalue weighted by Gasteiger charge is 2.35. The zero-order valence-corrected chi connectivity index (χ0v) is 6.43. The first-order valence-corrected chi connectivity index (χ1v) is 3.39. The second-order valence-corrected chi connectivity index (χ2v) is 2.61. The molecule has 0 unspecified atom stereocenters. The number of halogens is 3. The van der Waals surface area contributed by atoms with E-state index in [0.717, 1.165) is 0 Å². The van der Waals surface area contributed by atoms with E-state index in [1.54, 1.807) is 0 Å². The number of cyclic esters (lactones) is 2. The van der Waals surface area contributed by atoms with Crippen molar-refractivity contribution in [3.63, 3.8) is 0 Å². The SMILES string of the molecule is O=C1CN(CC(F)(F)F)CC(=O)O1. The lowest BCUT2D eigenvalue weighted by atomic mass is 10.4. The van der Waals surface area contributed by atoms with E-state index in [9.17, 15) is 22.8 Å². The van der Waals surface area contributed by atoms with E-state index in [0.29, 0.717) is 4.90 Å². The second kappa shape index (κ2) is 3.33. The number of esters is 2. The fraction of sp³-hybridized carbons (Fsp3) is 0.667. The molecule has 0 aromatic carbocycles. The van der Waals surface area contributed by atoms with Crippen molar-refractivity contribution >= 4 is 11.9 Å². The Morgan fingerprint density at radius 3 is 2.08 bits per heavy atom. The minimum absolute atomic E-state index is 0.495. The predicted octanol–water partition coefficient (Wildman–Crippen LogP) is -0.0659. The van der Waals surface area contributed by atoms with Crippen LogP contribution in [0.2, 0.25) is 0 Å². The van der Waals surface area contributed by atoms with Crippen molar-refractivity contribution < 1.29 is 27.5 Å². The minimum Gasteiger partial charge on any atom is -0.391 e. The highest BCUT2D eigenvalue weighted by Crippen LogP contribution is 2.17. The fourth-order valence-electron chi connectivity index (χ4n) is 0.978. The summed E-state index contributed by atoms with van der Waals surface area (Å²) in [4.78, 5) is 21.7. The number of rotatable bonds is 1. The molecule has 74 valence electrons. The Labute approximate surface area is 71.3 Å². The molecule has 0 bridgehead atoms. The summed E-state index contributed by atoms with van der Waals surface area (Å²) in [5, 5.41) is 0. The molecule has 7 heteroatoms. The van der Waals surface area contributed by atoms with Gasteiger partial charge < -0.3 is 4.74 Å². The minimum atomic E-state index is -4.40. The second-order valence-electron chi connectivity index (χ2n) is 2.61. The van der Waals surface area contributed by atoms with Crippen LogP contribution in [0.25, 0.3) is 0 Å². The summed E-state index contributed by atoms with van der Waals surface area (Å²) in [6, 6.07) is 0. The molecule has 0 aromatic rings. The van der Waals surface area contributed by atoms with Gasteiger partial charge in [0.2, 0.25) is 0 Å². The molecule has 1 saturated heterocycles. The third kappa shape index (κ3) is 3.41. The molecule has 1 rings (SSSR count). The van der Waals surface area contributed by atoms with Crippen LogP contribution in [-0.2, 0) is 14.3 Å². The van der Waals surface area contributed by atoms with Crippen LogP contribution in [0.5, 0.6) is 0 Å². The number of carbonyl (C=O) groups is 2. The van der Waals surface area contributed by atoms with Crippen molar-refractivity contribution in [3.8, 4) is 0 Å². The van der Waals surface area contributed by atoms with Crippen LogP contribution in [0.4, 0.5) is 13.2 Å². The van der Waals surface area contributed by atoms with E-state index < -0.39 is 37.7 Å². The van der Waals surface area contributed by atoms with Gasteiger partial charge >= 0.3 is 18.1 Å². The van der Waals surface area contributed by atoms with Gasteiger partial charge in [-0.2, -0.15) is 13.2 Å². The molecule has 0 saturated carbocycles. The summed E-state index contributed by atoms with van der Waals surface area (Å²) < 4.78 is 39.4. The van der Waals surface area contributed by atoms with Gasteiger partial charge in [0.15, 0.2) is 0 Å². The van der Waals surface area contributed by atoms with Crippen molar-refractivity contribution in [2.24, 2.45) is 0 Å². The van der Waals surface area contributed by atoms with Gasteiger partial charge in [0.1, 0.15) is 0 Å². The Balaban J connectivity index is 2.51. The summed E-state index contributed by atoms with van der Waals surface area (Å²) in [5.41, 5.74) is 0. The summed E-state index contributed by atoms with van der Waals surface area (Å²) in [5.74, 6) is -1.89. The molecule has 0 spiro atoms. The molecule has 0 N–H and O–H groups in total. The zero-order valence-electron chi connectivity index (χ0n) is 6.43. The maximum atomic E-state index is 11.8. The van der Waals surface area contributed by atoms with E-state index >= 15 is 0 Å². The molecule has 1 aliphatic heterocycles. The third-order valence-corrected chi connectivity index (χ3v) is 1.34. The molecule has 1 aliphatic rings. The van der Waals surface area contributed by atoms with Gasteiger partial charge in [0, 0.05) is 0 Å². The molecule has 0 atom stereocenters. The molecule has 0 aliphatic carbocycles. The normalized spacial score (nSPS) is 20.2. The first-order valence-electron chi connectivity index (χ1n) is 3.39. The molecule has 4 nitrogen and oxygen atoms in total. The van der Waals surface area contributed by atoms with Crippen molar-refractivity contribution in [1.82, 2.24) is 4.90 Å². The van der Waals surface area contributed by atoms with Crippen LogP contribution in [-0.4, -0.2) is 42.6 Å². The number of morpholine rings is 1. The van der Waals surface area contributed by atoms with Gasteiger partial charge in [-0.3, -0.25) is 14.5 Å². The van der Waals surface area contributed by atoms with Crippen LogP contribution >= 0.6 is 0 Å². The Morgan fingerprint density at radius 2 is 1.69 bits per heavy atom. The maximum Gasteiger partial charge on any atom is 0.401 e. The van der Waals surface area contributed by atoms with Crippen molar-refractivity contribution in [1.29, 1.82) is 0 Å². The molecule has 1 heterocycles. The van der Waals surface area contributed by atoms with Crippen LogP contribution in [0.15, 0.2) is 0 Å². The van der Waals surface area contributed by atoms with Crippen LogP contribution < -0.4 is 0 Å². The number of hydrogen-bond acceptors (Lipinski definition) is 4. The summed E-state index contributed by atoms with van der Waals surface area (Å²) in [7, 11) is 0. The summed E-state index contributed by atoms with van der Waals surface area (Å²) >= 11 is 0. The van der Waals surface area contributed by atoms with Gasteiger partial charge in [0.25, 0.3) is 0 Å². The summed E-state index contributed by atoms with van der Waals surface area (Å²) in [6.07, 6.45) is -4.40. The van der Waals surface area contributed by atoms with E-state index in [1.807, 2.05) is 0 Å². The molecule has 0 radical (unpaired) electrons. The maximum absolute atomic E-state index is 11.8. The van der Waals surface area contributed by atoms with Crippen LogP contribution in [0.1, 0.15) is 0 Å². The Bertz CT molecular complexity index is 222. The number of ether oxygens (including phenoxy) is 1. The lowest BCUT2D eigenvalue weighted by Crippen LogP contribution is -2.46. The number of alkyl halides is 3. The smallest absolute Gasteiger partial charge is 0.391 e. The van der Waals surface area contributed by atoms with E-state index in [4.69, 9.17) is 0 Å². The van der Waals surface area contributed by atoms with Crippen LogP contribution in [0.3, 0.4) is 0 Å². The molecule has 13 heavy (non-hydrogen) atoms. The van der Waals surface area contributed by atoms with E-state index in [-0.39, 0.29) is 0 Å². The van der Waals surface area contributed by atoms with Gasteiger partial charge in [0.05, 0.1) is 19.6 Å². The third-order valence-electron chi connectivity index (χ3n) is 1.34. The van der Waals surface area contributed by atoms with Gasteiger partial charge in [-0.05, 0) is 0 Å². The molecule has 0 amide bonds. The average molecular weight is 197 g/mol.